The van der Waals surface area contributed by atoms with Crippen LogP contribution in [0.3, 0.4) is 0 Å². The molecule has 0 radical (unpaired) electrons. The van der Waals surface area contributed by atoms with Gasteiger partial charge in [0.25, 0.3) is 0 Å². The molecule has 18 heavy (non-hydrogen) atoms. The third-order valence-corrected chi connectivity index (χ3v) is 3.64. The van der Waals surface area contributed by atoms with E-state index < -0.39 is 0 Å². The van der Waals surface area contributed by atoms with Crippen molar-refractivity contribution in [3.8, 4) is 0 Å². The van der Waals surface area contributed by atoms with Gasteiger partial charge in [0.1, 0.15) is 5.82 Å². The van der Waals surface area contributed by atoms with E-state index in [-0.39, 0.29) is 0 Å². The molecular formula is C15H23N3. The van der Waals surface area contributed by atoms with E-state index in [0.29, 0.717) is 12.1 Å². The van der Waals surface area contributed by atoms with Crippen molar-refractivity contribution in [1.29, 1.82) is 0 Å². The minimum absolute atomic E-state index is 0.410. The van der Waals surface area contributed by atoms with Crippen LogP contribution in [0.4, 0.5) is 0 Å². The van der Waals surface area contributed by atoms with E-state index in [1.807, 2.05) is 0 Å². The third-order valence-electron chi connectivity index (χ3n) is 3.64. The molecule has 3 heteroatoms. The Morgan fingerprint density at radius 2 is 1.94 bits per heavy atom. The van der Waals surface area contributed by atoms with Crippen LogP contribution in [0.15, 0.2) is 24.3 Å². The molecular weight excluding hydrogens is 222 g/mol. The lowest BCUT2D eigenvalue weighted by atomic mass is 10.1. The standard InChI is InChI=1S/C15H23N3/c1-5-15-17-13-9-7-8-10-14(13)18(15)12(4)11(3)16-6-2/h7-12,16H,5-6H2,1-4H3. The summed E-state index contributed by atoms with van der Waals surface area (Å²) in [5.74, 6) is 1.17. The second-order valence-corrected chi connectivity index (χ2v) is 4.83. The van der Waals surface area contributed by atoms with Gasteiger partial charge in [0.05, 0.1) is 11.0 Å². The van der Waals surface area contributed by atoms with Gasteiger partial charge >= 0.3 is 0 Å². The second kappa shape index (κ2) is 5.53. The lowest BCUT2D eigenvalue weighted by molar-refractivity contribution is 0.398. The van der Waals surface area contributed by atoms with Crippen LogP contribution in [0, 0.1) is 0 Å². The van der Waals surface area contributed by atoms with Crippen LogP contribution < -0.4 is 5.32 Å². The molecule has 98 valence electrons. The number of aryl methyl sites for hydroxylation is 1. The molecule has 3 nitrogen and oxygen atoms in total. The molecule has 2 unspecified atom stereocenters. The Hall–Kier alpha value is -1.35. The highest BCUT2D eigenvalue weighted by Gasteiger charge is 2.18. The SMILES string of the molecule is CCNC(C)C(C)n1c(CC)nc2ccccc21. The van der Waals surface area contributed by atoms with Crippen LogP contribution in [-0.2, 0) is 6.42 Å². The Morgan fingerprint density at radius 1 is 1.22 bits per heavy atom. The number of aromatic nitrogens is 2. The van der Waals surface area contributed by atoms with Crippen LogP contribution in [0.25, 0.3) is 11.0 Å². The van der Waals surface area contributed by atoms with Crippen LogP contribution in [0.5, 0.6) is 0 Å². The van der Waals surface area contributed by atoms with Gasteiger partial charge in [-0.3, -0.25) is 0 Å². The summed E-state index contributed by atoms with van der Waals surface area (Å²) in [6.07, 6.45) is 0.970. The van der Waals surface area contributed by atoms with Crippen LogP contribution in [-0.4, -0.2) is 22.1 Å². The van der Waals surface area contributed by atoms with Crippen molar-refractivity contribution in [3.05, 3.63) is 30.1 Å². The summed E-state index contributed by atoms with van der Waals surface area (Å²) in [4.78, 5) is 4.73. The van der Waals surface area contributed by atoms with Crippen molar-refractivity contribution in [1.82, 2.24) is 14.9 Å². The molecule has 0 amide bonds. The summed E-state index contributed by atoms with van der Waals surface area (Å²) < 4.78 is 2.38. The number of nitrogens with zero attached hydrogens (tertiary/aromatic N) is 2. The van der Waals surface area contributed by atoms with Crippen molar-refractivity contribution < 1.29 is 0 Å². The van der Waals surface area contributed by atoms with Gasteiger partial charge in [0.15, 0.2) is 0 Å². The maximum atomic E-state index is 4.73. The molecule has 0 saturated carbocycles. The van der Waals surface area contributed by atoms with E-state index >= 15 is 0 Å². The van der Waals surface area contributed by atoms with Gasteiger partial charge in [-0.2, -0.15) is 0 Å². The Bertz CT molecular complexity index is 515. The first-order chi connectivity index (χ1) is 8.69. The second-order valence-electron chi connectivity index (χ2n) is 4.83. The lowest BCUT2D eigenvalue weighted by Gasteiger charge is -2.24. The van der Waals surface area contributed by atoms with Gasteiger partial charge in [-0.15, -0.1) is 0 Å². The van der Waals surface area contributed by atoms with E-state index in [9.17, 15) is 0 Å². The van der Waals surface area contributed by atoms with Gasteiger partial charge in [-0.1, -0.05) is 26.0 Å². The zero-order valence-corrected chi connectivity index (χ0v) is 11.8. The topological polar surface area (TPSA) is 29.9 Å². The van der Waals surface area contributed by atoms with E-state index in [0.717, 1.165) is 18.5 Å². The predicted octanol–water partition coefficient (Wildman–Crippen LogP) is 3.16. The number of rotatable bonds is 5. The number of hydrogen-bond donors (Lipinski definition) is 1. The van der Waals surface area contributed by atoms with E-state index in [4.69, 9.17) is 4.98 Å². The number of likely N-dealkylation sites (N-methyl/N-ethyl adjacent to an activating group) is 1. The number of benzene rings is 1. The molecule has 1 heterocycles. The molecule has 2 aromatic rings. The molecule has 1 aromatic carbocycles. The highest BCUT2D eigenvalue weighted by molar-refractivity contribution is 5.76. The number of para-hydroxylation sites is 2. The summed E-state index contributed by atoms with van der Waals surface area (Å²) >= 11 is 0. The van der Waals surface area contributed by atoms with Gasteiger partial charge in [0.2, 0.25) is 0 Å². The van der Waals surface area contributed by atoms with Crippen LogP contribution in [0.1, 0.15) is 39.6 Å². The van der Waals surface area contributed by atoms with Crippen LogP contribution in [0.2, 0.25) is 0 Å². The molecule has 1 N–H and O–H groups in total. The Balaban J connectivity index is 2.47. The van der Waals surface area contributed by atoms with E-state index in [1.165, 1.54) is 11.3 Å². The molecule has 0 bridgehead atoms. The number of imidazole rings is 1. The van der Waals surface area contributed by atoms with Crippen LogP contribution >= 0.6 is 0 Å². The quantitative estimate of drug-likeness (QED) is 0.877. The summed E-state index contributed by atoms with van der Waals surface area (Å²) in [6.45, 7) is 9.82. The van der Waals surface area contributed by atoms with Gasteiger partial charge in [-0.25, -0.2) is 4.98 Å². The summed E-state index contributed by atoms with van der Waals surface area (Å²) in [5, 5.41) is 3.50. The smallest absolute Gasteiger partial charge is 0.109 e. The van der Waals surface area contributed by atoms with Crippen molar-refractivity contribution >= 4 is 11.0 Å². The first kappa shape index (κ1) is 13.1. The molecule has 0 saturated heterocycles. The normalized spacial score (nSPS) is 14.9. The first-order valence-corrected chi connectivity index (χ1v) is 6.88. The molecule has 0 aliphatic carbocycles. The molecule has 2 atom stereocenters. The zero-order valence-electron chi connectivity index (χ0n) is 11.8. The fourth-order valence-corrected chi connectivity index (χ4v) is 2.51. The fraction of sp³-hybridized carbons (Fsp3) is 0.533. The minimum atomic E-state index is 0.410. The number of hydrogen-bond acceptors (Lipinski definition) is 2. The van der Waals surface area contributed by atoms with Crippen molar-refractivity contribution in [2.45, 2.75) is 46.2 Å². The largest absolute Gasteiger partial charge is 0.324 e. The summed E-state index contributed by atoms with van der Waals surface area (Å²) in [6, 6.07) is 9.25. The van der Waals surface area contributed by atoms with E-state index in [1.54, 1.807) is 0 Å². The molecule has 0 fully saturated rings. The van der Waals surface area contributed by atoms with Gasteiger partial charge < -0.3 is 9.88 Å². The highest BCUT2D eigenvalue weighted by atomic mass is 15.1. The summed E-state index contributed by atoms with van der Waals surface area (Å²) in [5.41, 5.74) is 2.34. The Morgan fingerprint density at radius 3 is 2.61 bits per heavy atom. The number of fused-ring (bicyclic) bond motifs is 1. The zero-order chi connectivity index (χ0) is 13.1. The maximum Gasteiger partial charge on any atom is 0.109 e. The van der Waals surface area contributed by atoms with Crippen molar-refractivity contribution in [2.75, 3.05) is 6.54 Å². The molecule has 2 rings (SSSR count). The van der Waals surface area contributed by atoms with E-state index in [2.05, 4.69) is 61.8 Å². The monoisotopic (exact) mass is 245 g/mol. The molecule has 1 aromatic heterocycles. The molecule has 0 aliphatic rings. The van der Waals surface area contributed by atoms with Gasteiger partial charge in [0, 0.05) is 18.5 Å². The average molecular weight is 245 g/mol. The first-order valence-electron chi connectivity index (χ1n) is 6.88. The maximum absolute atomic E-state index is 4.73. The number of nitrogens with one attached hydrogen (secondary N) is 1. The minimum Gasteiger partial charge on any atom is -0.324 e. The molecule has 0 aliphatic heterocycles. The fourth-order valence-electron chi connectivity index (χ4n) is 2.51. The predicted molar refractivity (Wildman–Crippen MR) is 77.0 cm³/mol. The Labute approximate surface area is 109 Å². The van der Waals surface area contributed by atoms with Crippen molar-refractivity contribution in [3.63, 3.8) is 0 Å². The van der Waals surface area contributed by atoms with Crippen molar-refractivity contribution in [2.24, 2.45) is 0 Å². The Kier molecular flexibility index (Phi) is 4.02. The molecule has 0 spiro atoms. The average Bonchev–Trinajstić information content (AvgIpc) is 2.76. The third kappa shape index (κ3) is 2.27. The highest BCUT2D eigenvalue weighted by Crippen LogP contribution is 2.23. The van der Waals surface area contributed by atoms with Gasteiger partial charge in [-0.05, 0) is 32.5 Å². The lowest BCUT2D eigenvalue weighted by Crippen LogP contribution is -2.34. The summed E-state index contributed by atoms with van der Waals surface area (Å²) in [7, 11) is 0.